The lowest BCUT2D eigenvalue weighted by atomic mass is 9.98. The molecule has 0 bridgehead atoms. The van der Waals surface area contributed by atoms with Crippen molar-refractivity contribution in [3.05, 3.63) is 28.7 Å². The lowest BCUT2D eigenvalue weighted by Gasteiger charge is -2.27. The van der Waals surface area contributed by atoms with Crippen LogP contribution in [0.4, 0.5) is 0 Å². The van der Waals surface area contributed by atoms with E-state index in [4.69, 9.17) is 0 Å². The molecule has 1 aromatic rings. The van der Waals surface area contributed by atoms with Crippen molar-refractivity contribution in [2.24, 2.45) is 0 Å². The van der Waals surface area contributed by atoms with E-state index in [1.54, 1.807) is 24.3 Å². The van der Waals surface area contributed by atoms with Gasteiger partial charge in [-0.15, -0.1) is 0 Å². The molecule has 1 aliphatic heterocycles. The molecule has 1 saturated heterocycles. The van der Waals surface area contributed by atoms with Gasteiger partial charge in [0.1, 0.15) is 0 Å². The molecule has 18 heavy (non-hydrogen) atoms. The predicted octanol–water partition coefficient (Wildman–Crippen LogP) is 1.87. The molecule has 6 heteroatoms. The molecule has 0 amide bonds. The van der Waals surface area contributed by atoms with Gasteiger partial charge in [0.2, 0.25) is 10.0 Å². The van der Waals surface area contributed by atoms with Crippen molar-refractivity contribution < 1.29 is 8.42 Å². The summed E-state index contributed by atoms with van der Waals surface area (Å²) in [6, 6.07) is 6.65. The molecule has 0 spiro atoms. The van der Waals surface area contributed by atoms with Crippen LogP contribution < -0.4 is 10.0 Å². The zero-order valence-electron chi connectivity index (χ0n) is 10.4. The molecular formula is C12H17BrN2O2S. The fraction of sp³-hybridized carbons (Fsp3) is 0.500. The molecule has 0 radical (unpaired) electrons. The van der Waals surface area contributed by atoms with Crippen LogP contribution in [0.3, 0.4) is 0 Å². The van der Waals surface area contributed by atoms with Gasteiger partial charge < -0.3 is 5.32 Å². The van der Waals surface area contributed by atoms with Crippen LogP contribution >= 0.6 is 15.9 Å². The van der Waals surface area contributed by atoms with Crippen molar-refractivity contribution in [3.8, 4) is 0 Å². The number of halogens is 1. The van der Waals surface area contributed by atoms with Crippen LogP contribution in [0.25, 0.3) is 0 Å². The summed E-state index contributed by atoms with van der Waals surface area (Å²) < 4.78 is 28.1. The van der Waals surface area contributed by atoms with E-state index in [0.717, 1.165) is 17.4 Å². The Bertz CT molecular complexity index is 543. The SMILES string of the molecule is CC1(C)NCCC1NS(=O)(=O)c1cccc(Br)c1. The molecule has 2 rings (SSSR count). The smallest absolute Gasteiger partial charge is 0.240 e. The van der Waals surface area contributed by atoms with Gasteiger partial charge in [0.05, 0.1) is 4.90 Å². The molecule has 2 N–H and O–H groups in total. The van der Waals surface area contributed by atoms with Crippen LogP contribution in [-0.4, -0.2) is 26.5 Å². The first-order valence-corrected chi connectivity index (χ1v) is 8.12. The molecule has 1 unspecified atom stereocenters. The quantitative estimate of drug-likeness (QED) is 0.888. The third-order valence-electron chi connectivity index (χ3n) is 3.29. The van der Waals surface area contributed by atoms with Gasteiger partial charge in [-0.05, 0) is 45.0 Å². The van der Waals surface area contributed by atoms with Crippen molar-refractivity contribution in [1.29, 1.82) is 0 Å². The van der Waals surface area contributed by atoms with Crippen molar-refractivity contribution in [2.45, 2.75) is 36.7 Å². The highest BCUT2D eigenvalue weighted by molar-refractivity contribution is 9.10. The van der Waals surface area contributed by atoms with Crippen molar-refractivity contribution in [3.63, 3.8) is 0 Å². The summed E-state index contributed by atoms with van der Waals surface area (Å²) in [5.41, 5.74) is -0.209. The van der Waals surface area contributed by atoms with Gasteiger partial charge in [-0.3, -0.25) is 0 Å². The third-order valence-corrected chi connectivity index (χ3v) is 5.25. The Kier molecular flexibility index (Phi) is 3.82. The van der Waals surface area contributed by atoms with Crippen LogP contribution in [0.2, 0.25) is 0 Å². The fourth-order valence-corrected chi connectivity index (χ4v) is 4.13. The minimum Gasteiger partial charge on any atom is -0.310 e. The number of rotatable bonds is 3. The molecule has 0 aliphatic carbocycles. The van der Waals surface area contributed by atoms with E-state index in [0.29, 0.717) is 4.90 Å². The Balaban J connectivity index is 2.23. The normalized spacial score (nSPS) is 23.2. The van der Waals surface area contributed by atoms with Crippen LogP contribution in [0.15, 0.2) is 33.6 Å². The second kappa shape index (κ2) is 4.92. The van der Waals surface area contributed by atoms with Crippen LogP contribution in [-0.2, 0) is 10.0 Å². The molecule has 0 aromatic heterocycles. The number of benzene rings is 1. The Hall–Kier alpha value is -0.430. The summed E-state index contributed by atoms with van der Waals surface area (Å²) in [6.07, 6.45) is 0.806. The van der Waals surface area contributed by atoms with Gasteiger partial charge in [-0.1, -0.05) is 22.0 Å². The van der Waals surface area contributed by atoms with Gasteiger partial charge in [0.15, 0.2) is 0 Å². The average Bonchev–Trinajstić information content (AvgIpc) is 2.58. The maximum atomic E-state index is 12.3. The fourth-order valence-electron chi connectivity index (χ4n) is 2.12. The minimum absolute atomic E-state index is 0.0820. The molecule has 1 aliphatic rings. The summed E-state index contributed by atoms with van der Waals surface area (Å²) in [7, 11) is -3.46. The van der Waals surface area contributed by atoms with Crippen LogP contribution in [0.1, 0.15) is 20.3 Å². The first-order valence-electron chi connectivity index (χ1n) is 5.84. The second-order valence-corrected chi connectivity index (χ2v) is 7.70. The molecule has 0 saturated carbocycles. The van der Waals surface area contributed by atoms with Gasteiger partial charge >= 0.3 is 0 Å². The summed E-state index contributed by atoms with van der Waals surface area (Å²) in [6.45, 7) is 4.85. The van der Waals surface area contributed by atoms with E-state index in [-0.39, 0.29) is 11.6 Å². The van der Waals surface area contributed by atoms with E-state index in [9.17, 15) is 8.42 Å². The Morgan fingerprint density at radius 3 is 2.72 bits per heavy atom. The first-order chi connectivity index (χ1) is 8.31. The van der Waals surface area contributed by atoms with Gasteiger partial charge in [0.25, 0.3) is 0 Å². The summed E-state index contributed by atoms with van der Waals surface area (Å²) >= 11 is 3.29. The topological polar surface area (TPSA) is 58.2 Å². The summed E-state index contributed by atoms with van der Waals surface area (Å²) in [4.78, 5) is 0.291. The second-order valence-electron chi connectivity index (χ2n) is 5.07. The maximum Gasteiger partial charge on any atom is 0.240 e. The standard InChI is InChI=1S/C12H17BrN2O2S/c1-12(2)11(6-7-14-12)15-18(16,17)10-5-3-4-9(13)8-10/h3-5,8,11,14-15H,6-7H2,1-2H3. The lowest BCUT2D eigenvalue weighted by Crippen LogP contribution is -2.50. The number of hydrogen-bond acceptors (Lipinski definition) is 3. The van der Waals surface area contributed by atoms with Gasteiger partial charge in [-0.25, -0.2) is 13.1 Å². The predicted molar refractivity (Wildman–Crippen MR) is 75.0 cm³/mol. The number of sulfonamides is 1. The third kappa shape index (κ3) is 2.93. The van der Waals surface area contributed by atoms with E-state index >= 15 is 0 Å². The molecule has 1 fully saturated rings. The zero-order valence-corrected chi connectivity index (χ0v) is 12.8. The van der Waals surface area contributed by atoms with Crippen molar-refractivity contribution >= 4 is 26.0 Å². The first kappa shape index (κ1) is 14.0. The number of hydrogen-bond donors (Lipinski definition) is 2. The van der Waals surface area contributed by atoms with E-state index in [2.05, 4.69) is 26.0 Å². The summed E-state index contributed by atoms with van der Waals surface area (Å²) in [5, 5.41) is 3.30. The molecule has 100 valence electrons. The lowest BCUT2D eigenvalue weighted by molar-refractivity contribution is 0.385. The Morgan fingerprint density at radius 1 is 1.44 bits per heavy atom. The Labute approximate surface area is 116 Å². The van der Waals surface area contributed by atoms with Crippen LogP contribution in [0.5, 0.6) is 0 Å². The van der Waals surface area contributed by atoms with Crippen molar-refractivity contribution in [1.82, 2.24) is 10.0 Å². The van der Waals surface area contributed by atoms with Gasteiger partial charge in [-0.2, -0.15) is 0 Å². The highest BCUT2D eigenvalue weighted by Gasteiger charge is 2.36. The summed E-state index contributed by atoms with van der Waals surface area (Å²) in [5.74, 6) is 0. The monoisotopic (exact) mass is 332 g/mol. The van der Waals surface area contributed by atoms with E-state index in [1.807, 2.05) is 13.8 Å². The molecule has 4 nitrogen and oxygen atoms in total. The van der Waals surface area contributed by atoms with E-state index in [1.165, 1.54) is 0 Å². The molecule has 1 aromatic carbocycles. The van der Waals surface area contributed by atoms with Crippen LogP contribution in [0, 0.1) is 0 Å². The van der Waals surface area contributed by atoms with Gasteiger partial charge in [0, 0.05) is 16.1 Å². The number of nitrogens with one attached hydrogen (secondary N) is 2. The average molecular weight is 333 g/mol. The van der Waals surface area contributed by atoms with Crippen molar-refractivity contribution in [2.75, 3.05) is 6.54 Å². The Morgan fingerprint density at radius 2 is 2.17 bits per heavy atom. The highest BCUT2D eigenvalue weighted by Crippen LogP contribution is 2.22. The molecule has 1 atom stereocenters. The maximum absolute atomic E-state index is 12.3. The highest BCUT2D eigenvalue weighted by atomic mass is 79.9. The molecule has 1 heterocycles. The largest absolute Gasteiger partial charge is 0.310 e. The minimum atomic E-state index is -3.46. The molecular weight excluding hydrogens is 316 g/mol. The zero-order chi connectivity index (χ0) is 13.4. The van der Waals surface area contributed by atoms with E-state index < -0.39 is 10.0 Å².